The van der Waals surface area contributed by atoms with Gasteiger partial charge in [-0.25, -0.2) is 9.59 Å². The Balaban J connectivity index is 1.13. The molecule has 0 saturated carbocycles. The number of nitrogen functional groups attached to an aromatic ring is 2. The molecule has 2 atom stereocenters. The van der Waals surface area contributed by atoms with Crippen LogP contribution in [0.5, 0.6) is 23.0 Å². The fraction of sp³-hybridized carbons (Fsp3) is 0.254. The van der Waals surface area contributed by atoms with Crippen LogP contribution in [0.1, 0.15) is 81.5 Å². The van der Waals surface area contributed by atoms with Gasteiger partial charge in [0.25, 0.3) is 0 Å². The van der Waals surface area contributed by atoms with E-state index in [4.69, 9.17) is 30.4 Å². The van der Waals surface area contributed by atoms with Crippen molar-refractivity contribution in [2.45, 2.75) is 75.9 Å². The van der Waals surface area contributed by atoms with Crippen LogP contribution in [0.15, 0.2) is 158 Å². The van der Waals surface area contributed by atoms with Crippen LogP contribution in [-0.4, -0.2) is 71.5 Å². The Morgan fingerprint density at radius 2 is 0.779 bits per heavy atom. The van der Waals surface area contributed by atoms with Crippen molar-refractivity contribution in [2.75, 3.05) is 24.7 Å². The number of nitrogens with two attached hydrogens (primary N) is 2. The molecule has 0 bridgehead atoms. The predicted octanol–water partition coefficient (Wildman–Crippen LogP) is 11.6. The largest absolute Gasteiger partial charge is 0.494 e. The van der Waals surface area contributed by atoms with Gasteiger partial charge in [0, 0.05) is 29.6 Å². The quantitative estimate of drug-likeness (QED) is 0.0100. The number of esters is 2. The number of carbonyl (C=O) groups excluding carboxylic acids is 4. The number of benzene rings is 6. The van der Waals surface area contributed by atoms with Crippen molar-refractivity contribution in [1.82, 2.24) is 0 Å². The summed E-state index contributed by atoms with van der Waals surface area (Å²) in [6.45, 7) is 0.155. The smallest absolute Gasteiger partial charge is 0.389 e. The number of ether oxygens (including phenoxy) is 4. The molecular weight excluding hydrogens is 1010 g/mol. The topological polar surface area (TPSA) is 198 Å². The first kappa shape index (κ1) is 58.0. The van der Waals surface area contributed by atoms with Gasteiger partial charge in [0.1, 0.15) is 35.2 Å². The molecule has 404 valence electrons. The summed E-state index contributed by atoms with van der Waals surface area (Å²) in [4.78, 5) is 54.1. The van der Waals surface area contributed by atoms with Crippen LogP contribution in [0, 0.1) is 5.41 Å². The van der Waals surface area contributed by atoms with Crippen LogP contribution in [-0.2, 0) is 22.4 Å². The van der Waals surface area contributed by atoms with Gasteiger partial charge in [-0.1, -0.05) is 60.7 Å². The van der Waals surface area contributed by atoms with Crippen molar-refractivity contribution in [2.24, 2.45) is 5.41 Å². The average Bonchev–Trinajstić information content (AvgIpc) is 3.40. The van der Waals surface area contributed by atoms with Crippen LogP contribution in [0.25, 0.3) is 12.2 Å². The van der Waals surface area contributed by atoms with Gasteiger partial charge >= 0.3 is 24.3 Å². The molecule has 18 heteroatoms. The molecule has 0 aliphatic carbocycles. The second-order valence-corrected chi connectivity index (χ2v) is 18.2. The molecule has 0 spiro atoms. The Hall–Kier alpha value is -8.22. The lowest BCUT2D eigenvalue weighted by molar-refractivity contribution is -0.146. The minimum absolute atomic E-state index is 0.0679. The van der Waals surface area contributed by atoms with Gasteiger partial charge in [0.2, 0.25) is 0 Å². The van der Waals surface area contributed by atoms with Crippen LogP contribution >= 0.6 is 0 Å². The van der Waals surface area contributed by atoms with Gasteiger partial charge in [-0.05, 0) is 170 Å². The first-order chi connectivity index (χ1) is 36.6. The second kappa shape index (κ2) is 27.0. The van der Waals surface area contributed by atoms with E-state index in [-0.39, 0.29) is 74.4 Å². The number of rotatable bonds is 26. The van der Waals surface area contributed by atoms with E-state index in [0.29, 0.717) is 45.1 Å². The number of carbonyl (C=O) groups is 4. The van der Waals surface area contributed by atoms with Gasteiger partial charge in [0.05, 0.1) is 24.3 Å². The molecular formula is C59H56F6N2O10. The van der Waals surface area contributed by atoms with E-state index >= 15 is 0 Å². The zero-order valence-electron chi connectivity index (χ0n) is 41.5. The van der Waals surface area contributed by atoms with Crippen molar-refractivity contribution in [1.29, 1.82) is 0 Å². The minimum Gasteiger partial charge on any atom is -0.494 e. The lowest BCUT2D eigenvalue weighted by atomic mass is 9.66. The number of hydrogen-bond donors (Lipinski definition) is 4. The third kappa shape index (κ3) is 18.5. The number of halogens is 6. The molecule has 0 aliphatic rings. The summed E-state index contributed by atoms with van der Waals surface area (Å²) in [6, 6.07) is 37.1. The first-order valence-corrected chi connectivity index (χ1v) is 24.4. The van der Waals surface area contributed by atoms with E-state index in [2.05, 4.69) is 0 Å². The molecule has 0 radical (unpaired) electrons. The molecule has 6 rings (SSSR count). The molecule has 6 N–H and O–H groups in total. The lowest BCUT2D eigenvalue weighted by Crippen LogP contribution is -2.54. The maximum atomic E-state index is 14.2. The number of alkyl halides is 6. The minimum atomic E-state index is -4.23. The first-order valence-electron chi connectivity index (χ1n) is 24.4. The zero-order valence-corrected chi connectivity index (χ0v) is 41.5. The average molecular weight is 1070 g/mol. The monoisotopic (exact) mass is 1070 g/mol. The molecule has 0 aliphatic heterocycles. The van der Waals surface area contributed by atoms with E-state index in [1.807, 2.05) is 0 Å². The summed E-state index contributed by atoms with van der Waals surface area (Å²) < 4.78 is 96.3. The molecule has 0 heterocycles. The fourth-order valence-electron chi connectivity index (χ4n) is 7.97. The number of anilines is 2. The van der Waals surface area contributed by atoms with Gasteiger partial charge in [-0.2, -0.15) is 26.3 Å². The highest BCUT2D eigenvalue weighted by molar-refractivity contribution is 6.01. The Morgan fingerprint density at radius 1 is 0.455 bits per heavy atom. The molecule has 0 fully saturated rings. The highest BCUT2D eigenvalue weighted by Gasteiger charge is 2.49. The Bertz CT molecular complexity index is 2740. The summed E-state index contributed by atoms with van der Waals surface area (Å²) >= 11 is 0. The van der Waals surface area contributed by atoms with Crippen molar-refractivity contribution < 1.29 is 74.7 Å². The van der Waals surface area contributed by atoms with Gasteiger partial charge in [-0.3, -0.25) is 9.59 Å². The van der Waals surface area contributed by atoms with E-state index in [1.165, 1.54) is 84.9 Å². The van der Waals surface area contributed by atoms with E-state index < -0.39 is 66.3 Å². The van der Waals surface area contributed by atoms with Crippen molar-refractivity contribution in [3.63, 3.8) is 0 Å². The molecule has 12 nitrogen and oxygen atoms in total. The van der Waals surface area contributed by atoms with Crippen molar-refractivity contribution in [3.05, 3.63) is 191 Å². The van der Waals surface area contributed by atoms with Crippen LogP contribution in [0.2, 0.25) is 0 Å². The lowest BCUT2D eigenvalue weighted by Gasteiger charge is -2.40. The van der Waals surface area contributed by atoms with E-state index in [9.17, 15) is 55.7 Å². The van der Waals surface area contributed by atoms with Crippen LogP contribution in [0.4, 0.5) is 37.7 Å². The Kier molecular flexibility index (Phi) is 20.4. The Morgan fingerprint density at radius 3 is 1.10 bits per heavy atom. The summed E-state index contributed by atoms with van der Waals surface area (Å²) in [5.41, 5.74) is 13.3. The van der Waals surface area contributed by atoms with Crippen molar-refractivity contribution >= 4 is 47.0 Å². The maximum absolute atomic E-state index is 14.2. The summed E-state index contributed by atoms with van der Waals surface area (Å²) in [6.07, 6.45) is -9.24. The molecule has 2 unspecified atom stereocenters. The number of ketones is 2. The molecule has 0 amide bonds. The molecule has 6 aromatic carbocycles. The Labute approximate surface area is 440 Å². The number of hydrogen-bond acceptors (Lipinski definition) is 12. The molecule has 77 heavy (non-hydrogen) atoms. The van der Waals surface area contributed by atoms with E-state index in [0.717, 1.165) is 12.2 Å². The van der Waals surface area contributed by atoms with Gasteiger partial charge in [-0.15, -0.1) is 0 Å². The second-order valence-electron chi connectivity index (χ2n) is 18.2. The van der Waals surface area contributed by atoms with Gasteiger partial charge < -0.3 is 40.6 Å². The third-order valence-corrected chi connectivity index (χ3v) is 12.1. The molecule has 6 aromatic rings. The molecule has 0 saturated heterocycles. The molecule has 0 aromatic heterocycles. The fourth-order valence-corrected chi connectivity index (χ4v) is 7.97. The summed E-state index contributed by atoms with van der Waals surface area (Å²) in [5, 5.41) is 24.4. The highest BCUT2D eigenvalue weighted by Crippen LogP contribution is 2.38. The van der Waals surface area contributed by atoms with E-state index in [1.54, 1.807) is 72.8 Å². The SMILES string of the molecule is Nc1ccc(CC(Cc2ccc(N)cc2)(C(O)C(=O)/C=C/c2ccc(OC(=O)c3ccc(OCCCCC(F)(F)F)cc3)cc2)C(O)C(=O)/C=C/c2ccc(OC(=O)c3ccc(OCCCCC(F)(F)F)cc3)cc2)cc1. The normalized spacial score (nSPS) is 12.8. The van der Waals surface area contributed by atoms with Gasteiger partial charge in [0.15, 0.2) is 11.6 Å². The number of aliphatic hydroxyl groups is 2. The van der Waals surface area contributed by atoms with Crippen LogP contribution < -0.4 is 30.4 Å². The number of aliphatic hydroxyl groups excluding tert-OH is 2. The predicted molar refractivity (Wildman–Crippen MR) is 278 cm³/mol. The number of unbranched alkanes of at least 4 members (excludes halogenated alkanes) is 2. The summed E-state index contributed by atoms with van der Waals surface area (Å²) in [7, 11) is 0. The van der Waals surface area contributed by atoms with Crippen molar-refractivity contribution in [3.8, 4) is 23.0 Å². The maximum Gasteiger partial charge on any atom is 0.389 e. The van der Waals surface area contributed by atoms with Crippen LogP contribution in [0.3, 0.4) is 0 Å². The summed E-state index contributed by atoms with van der Waals surface area (Å²) in [5.74, 6) is -2.00. The highest BCUT2D eigenvalue weighted by atomic mass is 19.4. The third-order valence-electron chi connectivity index (χ3n) is 12.1. The standard InChI is InChI=1S/C59H56F6N2O10/c60-58(61,62)33-1-3-35-74-47-27-15-43(16-28-47)55(72)76-49-23-9-39(10-24-49)13-31-51(68)53(70)57(37-41-5-19-45(66)20-6-41,38-42-7-21-46(67)22-8-42)54(71)52(69)32-14-40-11-25-50(26-12-40)77-56(73)44-17-29-48(30-18-44)75-36-4-2-34-59(63,64)65/h5-32,53-54,70-71H,1-4,33-38,66-67H2/b31-13+,32-14+. The zero-order chi connectivity index (χ0) is 55.6.